The third-order valence-electron chi connectivity index (χ3n) is 6.90. The van der Waals surface area contributed by atoms with E-state index in [1.165, 1.54) is 21.6 Å². The van der Waals surface area contributed by atoms with Crippen LogP contribution in [0.1, 0.15) is 11.6 Å². The number of hydrogen-bond acceptors (Lipinski definition) is 6. The fourth-order valence-corrected chi connectivity index (χ4v) is 6.28. The maximum Gasteiger partial charge on any atom is 0.327 e. The Morgan fingerprint density at radius 2 is 1.85 bits per heavy atom. The molecule has 2 N–H and O–H groups in total. The molecule has 4 heterocycles. The van der Waals surface area contributed by atoms with Crippen LogP contribution < -0.4 is 20.3 Å². The third-order valence-corrected chi connectivity index (χ3v) is 8.19. The Bertz CT molecular complexity index is 1450. The molecule has 3 aliphatic rings. The van der Waals surface area contributed by atoms with Gasteiger partial charge in [-0.2, -0.15) is 0 Å². The maximum absolute atomic E-state index is 14.6. The lowest BCUT2D eigenvalue weighted by Gasteiger charge is -2.34. The molecule has 2 unspecified atom stereocenters. The number of ether oxygens (including phenoxy) is 1. The van der Waals surface area contributed by atoms with E-state index < -0.39 is 35.4 Å². The number of alkyl halides is 1. The lowest BCUT2D eigenvalue weighted by molar-refractivity contribution is -0.126. The van der Waals surface area contributed by atoms with Crippen LogP contribution in [-0.4, -0.2) is 58.3 Å². The molecule has 6 rings (SSSR count). The number of carbonyl (C=O) groups excluding carboxylic acids is 3. The fourth-order valence-electron chi connectivity index (χ4n) is 5.04. The number of nitrogens with one attached hydrogen (secondary N) is 2. The molecule has 3 aromatic rings. The molecule has 3 aliphatic heterocycles. The largest absolute Gasteiger partial charge is 0.457 e. The fraction of sp³-hybridized carbons (Fsp3) is 0.214. The first-order valence-electron chi connectivity index (χ1n) is 12.4. The molecule has 0 bridgehead atoms. The van der Waals surface area contributed by atoms with Gasteiger partial charge in [0.25, 0.3) is 0 Å². The summed E-state index contributed by atoms with van der Waals surface area (Å²) in [4.78, 5) is 45.8. The van der Waals surface area contributed by atoms with Crippen LogP contribution in [0.15, 0.2) is 84.5 Å². The highest BCUT2D eigenvalue weighted by atomic mass is 32.2. The summed E-state index contributed by atoms with van der Waals surface area (Å²) < 4.78 is 20.5. The van der Waals surface area contributed by atoms with Crippen molar-refractivity contribution in [2.45, 2.75) is 28.5 Å². The lowest BCUT2D eigenvalue weighted by Crippen LogP contribution is -2.51. The number of likely N-dealkylation sites (tertiary alicyclic amines) is 1. The topological polar surface area (TPSA) is 104 Å². The number of benzene rings is 2. The molecule has 2 aromatic carbocycles. The van der Waals surface area contributed by atoms with E-state index in [0.717, 1.165) is 11.6 Å². The van der Waals surface area contributed by atoms with Crippen LogP contribution in [0.5, 0.6) is 11.5 Å². The molecular formula is C28H24FN5O4S. The van der Waals surface area contributed by atoms with Crippen molar-refractivity contribution in [1.82, 2.24) is 20.5 Å². The normalized spacial score (nSPS) is 23.2. The maximum atomic E-state index is 14.6. The molecule has 11 heteroatoms. The number of halogens is 1. The summed E-state index contributed by atoms with van der Waals surface area (Å²) in [5.41, 5.74) is 1.98. The SMILES string of the molecule is C=CC(=O)N1C[C@H](NC(=O)C2Sc3nccc4c3C2NC(=O)N4c2ccc(Oc3ccccc3)cc2)[C@@H](F)C1. The summed E-state index contributed by atoms with van der Waals surface area (Å²) in [5, 5.41) is 5.56. The minimum absolute atomic E-state index is 0.0559. The van der Waals surface area contributed by atoms with Gasteiger partial charge in [-0.3, -0.25) is 14.5 Å². The van der Waals surface area contributed by atoms with Crippen molar-refractivity contribution < 1.29 is 23.5 Å². The molecule has 9 nitrogen and oxygen atoms in total. The number of hydrogen-bond donors (Lipinski definition) is 2. The highest BCUT2D eigenvalue weighted by molar-refractivity contribution is 8.01. The van der Waals surface area contributed by atoms with Crippen molar-refractivity contribution in [3.63, 3.8) is 0 Å². The quantitative estimate of drug-likeness (QED) is 0.452. The van der Waals surface area contributed by atoms with Gasteiger partial charge in [0.2, 0.25) is 11.8 Å². The molecule has 0 radical (unpaired) electrons. The van der Waals surface area contributed by atoms with Gasteiger partial charge in [-0.05, 0) is 48.5 Å². The molecule has 198 valence electrons. The molecule has 1 saturated heterocycles. The Hall–Kier alpha value is -4.38. The summed E-state index contributed by atoms with van der Waals surface area (Å²) in [6.45, 7) is 3.38. The van der Waals surface area contributed by atoms with Crippen molar-refractivity contribution >= 4 is 41.0 Å². The number of nitrogens with zero attached hydrogens (tertiary/aromatic N) is 3. The molecule has 0 aliphatic carbocycles. The zero-order chi connectivity index (χ0) is 27.1. The summed E-state index contributed by atoms with van der Waals surface area (Å²) in [6, 6.07) is 16.4. The van der Waals surface area contributed by atoms with Gasteiger partial charge in [0.15, 0.2) is 0 Å². The van der Waals surface area contributed by atoms with E-state index in [1.807, 2.05) is 30.3 Å². The van der Waals surface area contributed by atoms with Gasteiger partial charge in [-0.15, -0.1) is 0 Å². The van der Waals surface area contributed by atoms with E-state index in [-0.39, 0.29) is 19.0 Å². The summed E-state index contributed by atoms with van der Waals surface area (Å²) in [7, 11) is 0. The monoisotopic (exact) mass is 545 g/mol. The number of aromatic nitrogens is 1. The Labute approximate surface area is 228 Å². The van der Waals surface area contributed by atoms with Crippen LogP contribution >= 0.6 is 11.8 Å². The van der Waals surface area contributed by atoms with Crippen LogP contribution in [0.4, 0.5) is 20.6 Å². The van der Waals surface area contributed by atoms with Gasteiger partial charge < -0.3 is 20.3 Å². The number of thioether (sulfide) groups is 1. The average molecular weight is 546 g/mol. The number of urea groups is 1. The Morgan fingerprint density at radius 1 is 1.10 bits per heavy atom. The van der Waals surface area contributed by atoms with E-state index in [2.05, 4.69) is 22.2 Å². The first-order chi connectivity index (χ1) is 18.9. The summed E-state index contributed by atoms with van der Waals surface area (Å²) >= 11 is 1.23. The van der Waals surface area contributed by atoms with Crippen molar-refractivity contribution in [2.24, 2.45) is 0 Å². The molecule has 0 spiro atoms. The Kier molecular flexibility index (Phi) is 6.43. The lowest BCUT2D eigenvalue weighted by atomic mass is 9.99. The van der Waals surface area contributed by atoms with E-state index in [4.69, 9.17) is 4.74 Å². The van der Waals surface area contributed by atoms with E-state index >= 15 is 0 Å². The number of rotatable bonds is 6. The number of para-hydroxylation sites is 1. The molecule has 1 fully saturated rings. The second kappa shape index (κ2) is 10.1. The highest BCUT2D eigenvalue weighted by Crippen LogP contribution is 2.50. The second-order valence-corrected chi connectivity index (χ2v) is 10.5. The number of pyridine rings is 1. The molecule has 4 amide bonds. The van der Waals surface area contributed by atoms with Crippen LogP contribution in [-0.2, 0) is 9.59 Å². The van der Waals surface area contributed by atoms with Crippen molar-refractivity contribution in [1.29, 1.82) is 0 Å². The standard InChI is InChI=1S/C28H24FN5O4S/c1-2-22(35)33-14-19(29)20(15-33)31-26(36)25-24-23-21(12-13-30-27(23)39-25)34(28(37)32-24)16-8-10-18(11-9-16)38-17-6-4-3-5-7-17/h2-13,19-20,24-25H,1,14-15H2,(H,31,36)(H,32,37)/t19-,20-,24?,25?/m0/s1. The number of anilines is 2. The predicted molar refractivity (Wildman–Crippen MR) is 144 cm³/mol. The van der Waals surface area contributed by atoms with Crippen LogP contribution in [0.3, 0.4) is 0 Å². The van der Waals surface area contributed by atoms with Gasteiger partial charge in [-0.1, -0.05) is 36.5 Å². The Morgan fingerprint density at radius 3 is 2.59 bits per heavy atom. The third kappa shape index (κ3) is 4.59. The first kappa shape index (κ1) is 24.9. The molecule has 39 heavy (non-hydrogen) atoms. The van der Waals surface area contributed by atoms with Gasteiger partial charge >= 0.3 is 6.03 Å². The zero-order valence-electron chi connectivity index (χ0n) is 20.6. The van der Waals surface area contributed by atoms with Gasteiger partial charge in [0.1, 0.15) is 27.9 Å². The van der Waals surface area contributed by atoms with Crippen molar-refractivity contribution in [2.75, 3.05) is 18.0 Å². The first-order valence-corrected chi connectivity index (χ1v) is 13.3. The van der Waals surface area contributed by atoms with Gasteiger partial charge in [0, 0.05) is 18.3 Å². The minimum Gasteiger partial charge on any atom is -0.457 e. The minimum atomic E-state index is -1.40. The van der Waals surface area contributed by atoms with E-state index in [9.17, 15) is 18.8 Å². The Balaban J connectivity index is 1.21. The van der Waals surface area contributed by atoms with E-state index in [0.29, 0.717) is 27.9 Å². The van der Waals surface area contributed by atoms with Crippen LogP contribution in [0.25, 0.3) is 0 Å². The highest BCUT2D eigenvalue weighted by Gasteiger charge is 2.48. The number of carbonyl (C=O) groups is 3. The molecule has 0 saturated carbocycles. The predicted octanol–water partition coefficient (Wildman–Crippen LogP) is 4.10. The summed E-state index contributed by atoms with van der Waals surface area (Å²) in [6.07, 6.45) is 1.33. The molecule has 1 aromatic heterocycles. The van der Waals surface area contributed by atoms with Gasteiger partial charge in [0.05, 0.1) is 30.0 Å². The van der Waals surface area contributed by atoms with Crippen molar-refractivity contribution in [3.8, 4) is 11.5 Å². The second-order valence-electron chi connectivity index (χ2n) is 9.34. The summed E-state index contributed by atoms with van der Waals surface area (Å²) in [5.74, 6) is 0.517. The van der Waals surface area contributed by atoms with Gasteiger partial charge in [-0.25, -0.2) is 14.2 Å². The zero-order valence-corrected chi connectivity index (χ0v) is 21.4. The molecular weight excluding hydrogens is 521 g/mol. The van der Waals surface area contributed by atoms with E-state index in [1.54, 1.807) is 36.5 Å². The van der Waals surface area contributed by atoms with Crippen molar-refractivity contribution in [3.05, 3.63) is 85.1 Å². The van der Waals surface area contributed by atoms with Crippen LogP contribution in [0, 0.1) is 0 Å². The smallest absolute Gasteiger partial charge is 0.327 e. The van der Waals surface area contributed by atoms with Crippen LogP contribution in [0.2, 0.25) is 0 Å². The molecule has 4 atom stereocenters. The number of amides is 4. The average Bonchev–Trinajstić information content (AvgIpc) is 3.50.